The Kier molecular flexibility index (Phi) is 6.19. The maximum atomic E-state index is 12.9. The molecule has 0 unspecified atom stereocenters. The third kappa shape index (κ3) is 4.34. The number of fused-ring (bicyclic) bond motifs is 1. The standard InChI is InChI=1S/C23H24N4O5S/c1-4-32-22(30)19-12(2)13(3)33-20(19)26-18(28)11-27-21(29)17(25-23(27)31)9-14-10-24-16-8-6-5-7-15(14)16/h5-8,10,17,24H,4,9,11H2,1-3H3,(H,25,31)(H,26,28)/t17-/m0/s1. The number of aryl methyl sites for hydroxylation is 1. The largest absolute Gasteiger partial charge is 0.462 e. The molecule has 1 atom stereocenters. The van der Waals surface area contributed by atoms with E-state index in [2.05, 4.69) is 15.6 Å². The van der Waals surface area contributed by atoms with E-state index in [0.717, 1.165) is 31.8 Å². The molecule has 9 nitrogen and oxygen atoms in total. The van der Waals surface area contributed by atoms with Crippen molar-refractivity contribution in [3.8, 4) is 0 Å². The summed E-state index contributed by atoms with van der Waals surface area (Å²) in [5.41, 5.74) is 2.86. The van der Waals surface area contributed by atoms with Crippen LogP contribution in [0.2, 0.25) is 0 Å². The molecule has 3 N–H and O–H groups in total. The predicted octanol–water partition coefficient (Wildman–Crippen LogP) is 3.12. The van der Waals surface area contributed by atoms with Crippen molar-refractivity contribution in [3.63, 3.8) is 0 Å². The molecule has 0 aliphatic carbocycles. The van der Waals surface area contributed by atoms with Gasteiger partial charge in [0.25, 0.3) is 5.91 Å². The van der Waals surface area contributed by atoms with E-state index in [4.69, 9.17) is 4.74 Å². The molecule has 2 aromatic heterocycles. The van der Waals surface area contributed by atoms with Gasteiger partial charge >= 0.3 is 12.0 Å². The fraction of sp³-hybridized carbons (Fsp3) is 0.304. The summed E-state index contributed by atoms with van der Waals surface area (Å²) in [6.07, 6.45) is 2.13. The summed E-state index contributed by atoms with van der Waals surface area (Å²) in [6.45, 7) is 5.08. The average molecular weight is 469 g/mol. The summed E-state index contributed by atoms with van der Waals surface area (Å²) in [5.74, 6) is -1.56. The van der Waals surface area contributed by atoms with Crippen LogP contribution in [0.4, 0.5) is 9.80 Å². The molecule has 4 amide bonds. The molecule has 172 valence electrons. The average Bonchev–Trinajstić information content (AvgIpc) is 3.39. The molecule has 4 rings (SSSR count). The zero-order valence-corrected chi connectivity index (χ0v) is 19.3. The van der Waals surface area contributed by atoms with E-state index in [1.165, 1.54) is 11.3 Å². The summed E-state index contributed by atoms with van der Waals surface area (Å²) < 4.78 is 5.09. The van der Waals surface area contributed by atoms with Crippen LogP contribution in [-0.2, 0) is 20.7 Å². The summed E-state index contributed by atoms with van der Waals surface area (Å²) in [7, 11) is 0. The van der Waals surface area contributed by atoms with Gasteiger partial charge in [-0.2, -0.15) is 0 Å². The molecule has 1 aliphatic rings. The lowest BCUT2D eigenvalue weighted by Gasteiger charge is -2.13. The number of hydrogen-bond acceptors (Lipinski definition) is 6. The van der Waals surface area contributed by atoms with Gasteiger partial charge in [-0.05, 0) is 38.0 Å². The van der Waals surface area contributed by atoms with Crippen molar-refractivity contribution in [2.75, 3.05) is 18.5 Å². The van der Waals surface area contributed by atoms with Gasteiger partial charge in [0.15, 0.2) is 0 Å². The molecule has 1 aliphatic heterocycles. The number of rotatable bonds is 7. The maximum Gasteiger partial charge on any atom is 0.341 e. The number of ether oxygens (including phenoxy) is 1. The summed E-state index contributed by atoms with van der Waals surface area (Å²) in [6, 6.07) is 6.32. The zero-order valence-electron chi connectivity index (χ0n) is 18.5. The monoisotopic (exact) mass is 468 g/mol. The fourth-order valence-corrected chi connectivity index (χ4v) is 4.92. The highest BCUT2D eigenvalue weighted by Gasteiger charge is 2.39. The third-order valence-electron chi connectivity index (χ3n) is 5.63. The molecule has 3 aromatic rings. The van der Waals surface area contributed by atoms with E-state index >= 15 is 0 Å². The molecular weight excluding hydrogens is 444 g/mol. The number of urea groups is 1. The molecule has 0 spiro atoms. The van der Waals surface area contributed by atoms with Crippen molar-refractivity contribution < 1.29 is 23.9 Å². The highest BCUT2D eigenvalue weighted by Crippen LogP contribution is 2.33. The van der Waals surface area contributed by atoms with E-state index in [-0.39, 0.29) is 6.61 Å². The number of imide groups is 1. The second-order valence-electron chi connectivity index (χ2n) is 7.75. The number of aromatic amines is 1. The number of aromatic nitrogens is 1. The van der Waals surface area contributed by atoms with Crippen LogP contribution in [0.5, 0.6) is 0 Å². The smallest absolute Gasteiger partial charge is 0.341 e. The number of carbonyl (C=O) groups is 4. The topological polar surface area (TPSA) is 121 Å². The van der Waals surface area contributed by atoms with Crippen molar-refractivity contribution in [3.05, 3.63) is 52.0 Å². The number of nitrogens with zero attached hydrogens (tertiary/aromatic N) is 1. The Labute approximate surface area is 194 Å². The van der Waals surface area contributed by atoms with Crippen molar-refractivity contribution in [2.45, 2.75) is 33.2 Å². The molecule has 1 aromatic carbocycles. The first-order valence-electron chi connectivity index (χ1n) is 10.5. The Bertz CT molecular complexity index is 1260. The first kappa shape index (κ1) is 22.5. The minimum absolute atomic E-state index is 0.209. The van der Waals surface area contributed by atoms with Crippen molar-refractivity contribution in [1.82, 2.24) is 15.2 Å². The Balaban J connectivity index is 1.45. The maximum absolute atomic E-state index is 12.9. The number of para-hydroxylation sites is 1. The summed E-state index contributed by atoms with van der Waals surface area (Å²) in [4.78, 5) is 55.2. The molecule has 0 bridgehead atoms. The number of anilines is 1. The van der Waals surface area contributed by atoms with Gasteiger partial charge in [0.2, 0.25) is 5.91 Å². The number of carbonyl (C=O) groups excluding carboxylic acids is 4. The predicted molar refractivity (Wildman–Crippen MR) is 124 cm³/mol. The number of thiophene rings is 1. The van der Waals surface area contributed by atoms with Crippen molar-refractivity contribution in [2.24, 2.45) is 0 Å². The van der Waals surface area contributed by atoms with E-state index < -0.39 is 36.4 Å². The van der Waals surface area contributed by atoms with Gasteiger partial charge in [-0.15, -0.1) is 11.3 Å². The fourth-order valence-electron chi connectivity index (χ4n) is 3.86. The normalized spacial score (nSPS) is 15.7. The van der Waals surface area contributed by atoms with Gasteiger partial charge in [0, 0.05) is 28.4 Å². The van der Waals surface area contributed by atoms with Gasteiger partial charge < -0.3 is 20.4 Å². The van der Waals surface area contributed by atoms with Gasteiger partial charge in [0.1, 0.15) is 17.6 Å². The number of amides is 4. The Morgan fingerprint density at radius 1 is 1.21 bits per heavy atom. The van der Waals surface area contributed by atoms with E-state index in [1.807, 2.05) is 37.4 Å². The van der Waals surface area contributed by atoms with E-state index in [0.29, 0.717) is 17.0 Å². The van der Waals surface area contributed by atoms with Gasteiger partial charge in [-0.1, -0.05) is 18.2 Å². The second-order valence-corrected chi connectivity index (χ2v) is 8.97. The highest BCUT2D eigenvalue weighted by molar-refractivity contribution is 7.16. The number of hydrogen-bond donors (Lipinski definition) is 3. The molecule has 33 heavy (non-hydrogen) atoms. The minimum atomic E-state index is -0.758. The second kappa shape index (κ2) is 9.07. The van der Waals surface area contributed by atoms with Gasteiger partial charge in [-0.3, -0.25) is 14.5 Å². The van der Waals surface area contributed by atoms with Crippen LogP contribution in [0.25, 0.3) is 10.9 Å². The Morgan fingerprint density at radius 3 is 2.73 bits per heavy atom. The van der Waals surface area contributed by atoms with Crippen LogP contribution in [0, 0.1) is 13.8 Å². The van der Waals surface area contributed by atoms with Crippen LogP contribution in [-0.4, -0.2) is 52.9 Å². The number of esters is 1. The third-order valence-corrected chi connectivity index (χ3v) is 6.75. The first-order valence-corrected chi connectivity index (χ1v) is 11.4. The SMILES string of the molecule is CCOC(=O)c1c(NC(=O)CN2C(=O)N[C@@H](Cc3c[nH]c4ccccc34)C2=O)sc(C)c1C. The van der Waals surface area contributed by atoms with Crippen LogP contribution < -0.4 is 10.6 Å². The molecule has 1 fully saturated rings. The zero-order chi connectivity index (χ0) is 23.7. The van der Waals surface area contributed by atoms with E-state index in [1.54, 1.807) is 13.8 Å². The van der Waals surface area contributed by atoms with Crippen LogP contribution in [0.1, 0.15) is 33.3 Å². The lowest BCUT2D eigenvalue weighted by molar-refractivity contribution is -0.130. The Morgan fingerprint density at radius 2 is 1.97 bits per heavy atom. The van der Waals surface area contributed by atoms with Crippen molar-refractivity contribution >= 4 is 51.1 Å². The molecule has 3 heterocycles. The van der Waals surface area contributed by atoms with Crippen LogP contribution >= 0.6 is 11.3 Å². The highest BCUT2D eigenvalue weighted by atomic mass is 32.1. The molecular formula is C23H24N4O5S. The van der Waals surface area contributed by atoms with E-state index in [9.17, 15) is 19.2 Å². The van der Waals surface area contributed by atoms with Gasteiger partial charge in [0.05, 0.1) is 12.2 Å². The van der Waals surface area contributed by atoms with Crippen molar-refractivity contribution in [1.29, 1.82) is 0 Å². The van der Waals surface area contributed by atoms with Crippen LogP contribution in [0.15, 0.2) is 30.5 Å². The molecule has 1 saturated heterocycles. The lowest BCUT2D eigenvalue weighted by atomic mass is 10.1. The van der Waals surface area contributed by atoms with Crippen LogP contribution in [0.3, 0.4) is 0 Å². The quantitative estimate of drug-likeness (QED) is 0.363. The lowest BCUT2D eigenvalue weighted by Crippen LogP contribution is -2.38. The number of benzene rings is 1. The Hall–Kier alpha value is -3.66. The first-order chi connectivity index (χ1) is 15.8. The summed E-state index contributed by atoms with van der Waals surface area (Å²) in [5, 5.41) is 6.64. The number of H-pyrrole nitrogens is 1. The minimum Gasteiger partial charge on any atom is -0.462 e. The molecule has 0 radical (unpaired) electrons. The number of nitrogens with one attached hydrogen (secondary N) is 3. The van der Waals surface area contributed by atoms with Gasteiger partial charge in [-0.25, -0.2) is 9.59 Å². The summed E-state index contributed by atoms with van der Waals surface area (Å²) >= 11 is 1.25. The molecule has 10 heteroatoms. The molecule has 0 saturated carbocycles.